The summed E-state index contributed by atoms with van der Waals surface area (Å²) in [6.45, 7) is 1.89. The third-order valence-corrected chi connectivity index (χ3v) is 2.58. The first-order chi connectivity index (χ1) is 8.51. The van der Waals surface area contributed by atoms with Gasteiger partial charge < -0.3 is 4.74 Å². The minimum atomic E-state index is -0.696. The molecule has 94 valence electrons. The maximum atomic E-state index is 11.3. The van der Waals surface area contributed by atoms with Crippen molar-refractivity contribution in [1.82, 2.24) is 0 Å². The second kappa shape index (κ2) is 5.98. The molecule has 0 aromatic heterocycles. The van der Waals surface area contributed by atoms with Crippen molar-refractivity contribution in [2.75, 3.05) is 6.61 Å². The summed E-state index contributed by atoms with van der Waals surface area (Å²) in [6, 6.07) is 4.16. The molecular formula is C11H9ClN2O4. The lowest BCUT2D eigenvalue weighted by atomic mass is 10.1. The fraction of sp³-hybridized carbons (Fsp3) is 0.273. The summed E-state index contributed by atoms with van der Waals surface area (Å²) in [4.78, 5) is 21.3. The molecular weight excluding hydrogens is 260 g/mol. The largest absolute Gasteiger partial charge is 0.466 e. The lowest BCUT2D eigenvalue weighted by Crippen LogP contribution is -2.08. The van der Waals surface area contributed by atoms with E-state index in [-0.39, 0.29) is 29.3 Å². The maximum Gasteiger partial charge on any atom is 0.310 e. The Hall–Kier alpha value is -2.13. The molecule has 0 spiro atoms. The lowest BCUT2D eigenvalue weighted by Gasteiger charge is -2.05. The number of ether oxygens (including phenoxy) is 1. The molecule has 0 aliphatic carbocycles. The Morgan fingerprint density at radius 3 is 2.78 bits per heavy atom. The molecule has 0 bridgehead atoms. The second-order valence-corrected chi connectivity index (χ2v) is 3.66. The van der Waals surface area contributed by atoms with E-state index < -0.39 is 10.9 Å². The molecule has 0 amide bonds. The van der Waals surface area contributed by atoms with Gasteiger partial charge in [-0.25, -0.2) is 0 Å². The van der Waals surface area contributed by atoms with Gasteiger partial charge in [0, 0.05) is 6.07 Å². The van der Waals surface area contributed by atoms with Crippen LogP contribution in [0.15, 0.2) is 12.1 Å². The molecule has 0 unspecified atom stereocenters. The van der Waals surface area contributed by atoms with Crippen LogP contribution in [0.3, 0.4) is 0 Å². The molecule has 7 heteroatoms. The summed E-state index contributed by atoms with van der Waals surface area (Å²) in [7, 11) is 0. The summed E-state index contributed by atoms with van der Waals surface area (Å²) in [5.41, 5.74) is -0.296. The molecule has 0 heterocycles. The van der Waals surface area contributed by atoms with Crippen molar-refractivity contribution in [1.29, 1.82) is 5.26 Å². The summed E-state index contributed by atoms with van der Waals surface area (Å²) in [6.07, 6.45) is -0.126. The number of nitriles is 1. The van der Waals surface area contributed by atoms with E-state index in [1.165, 1.54) is 6.07 Å². The van der Waals surface area contributed by atoms with Gasteiger partial charge >= 0.3 is 5.97 Å². The standard InChI is InChI=1S/C11H9ClN2O4/c1-2-18-10(15)5-7-3-4-9(14(16)17)8(6-13)11(7)12/h3-4H,2,5H2,1H3. The normalized spacial score (nSPS) is 9.61. The minimum absolute atomic E-state index is 0.0836. The van der Waals surface area contributed by atoms with Crippen LogP contribution in [-0.4, -0.2) is 17.5 Å². The lowest BCUT2D eigenvalue weighted by molar-refractivity contribution is -0.385. The fourth-order valence-electron chi connectivity index (χ4n) is 1.37. The van der Waals surface area contributed by atoms with Crippen molar-refractivity contribution in [3.8, 4) is 6.07 Å². The number of nitro benzene ring substituents is 1. The Morgan fingerprint density at radius 2 is 2.28 bits per heavy atom. The topological polar surface area (TPSA) is 93.2 Å². The molecule has 0 aliphatic rings. The number of hydrogen-bond donors (Lipinski definition) is 0. The van der Waals surface area contributed by atoms with Crippen molar-refractivity contribution in [2.24, 2.45) is 0 Å². The molecule has 0 N–H and O–H groups in total. The van der Waals surface area contributed by atoms with Crippen LogP contribution in [0.4, 0.5) is 5.69 Å². The second-order valence-electron chi connectivity index (χ2n) is 3.28. The monoisotopic (exact) mass is 268 g/mol. The van der Waals surface area contributed by atoms with Crippen LogP contribution in [0, 0.1) is 21.4 Å². The molecule has 0 aliphatic heterocycles. The zero-order valence-corrected chi connectivity index (χ0v) is 10.2. The highest BCUT2D eigenvalue weighted by Gasteiger charge is 2.20. The van der Waals surface area contributed by atoms with Gasteiger partial charge in [0.1, 0.15) is 11.6 Å². The number of nitrogens with zero attached hydrogens (tertiary/aromatic N) is 2. The van der Waals surface area contributed by atoms with E-state index in [2.05, 4.69) is 0 Å². The van der Waals surface area contributed by atoms with Gasteiger partial charge in [0.05, 0.1) is 23.0 Å². The molecule has 1 rings (SSSR count). The van der Waals surface area contributed by atoms with E-state index in [9.17, 15) is 14.9 Å². The predicted molar refractivity (Wildman–Crippen MR) is 63.2 cm³/mol. The SMILES string of the molecule is CCOC(=O)Cc1ccc([N+](=O)[O-])c(C#N)c1Cl. The molecule has 1 aromatic rings. The molecule has 0 atom stereocenters. The third kappa shape index (κ3) is 2.96. The van der Waals surface area contributed by atoms with Gasteiger partial charge in [0.15, 0.2) is 0 Å². The Labute approximate surface area is 108 Å². The Bertz CT molecular complexity index is 537. The Morgan fingerprint density at radius 1 is 1.61 bits per heavy atom. The first kappa shape index (κ1) is 13.9. The van der Waals surface area contributed by atoms with Crippen LogP contribution in [0.1, 0.15) is 18.1 Å². The summed E-state index contributed by atoms with van der Waals surface area (Å²) < 4.78 is 4.74. The van der Waals surface area contributed by atoms with E-state index in [1.807, 2.05) is 0 Å². The van der Waals surface area contributed by atoms with Crippen LogP contribution >= 0.6 is 11.6 Å². The number of carbonyl (C=O) groups is 1. The number of carbonyl (C=O) groups excluding carboxylic acids is 1. The fourth-order valence-corrected chi connectivity index (χ4v) is 1.64. The molecule has 0 fully saturated rings. The quantitative estimate of drug-likeness (QED) is 0.474. The zero-order chi connectivity index (χ0) is 13.7. The number of hydrogen-bond acceptors (Lipinski definition) is 5. The van der Waals surface area contributed by atoms with Crippen molar-refractivity contribution in [3.05, 3.63) is 38.4 Å². The van der Waals surface area contributed by atoms with Crippen molar-refractivity contribution in [3.63, 3.8) is 0 Å². The number of esters is 1. The van der Waals surface area contributed by atoms with Crippen molar-refractivity contribution < 1.29 is 14.5 Å². The van der Waals surface area contributed by atoms with Crippen LogP contribution in [0.2, 0.25) is 5.02 Å². The molecule has 0 saturated carbocycles. The molecule has 6 nitrogen and oxygen atoms in total. The average Bonchev–Trinajstić information content (AvgIpc) is 2.31. The van der Waals surface area contributed by atoms with Gasteiger partial charge in [0.2, 0.25) is 0 Å². The van der Waals surface area contributed by atoms with Crippen LogP contribution < -0.4 is 0 Å². The van der Waals surface area contributed by atoms with Gasteiger partial charge in [-0.3, -0.25) is 14.9 Å². The van der Waals surface area contributed by atoms with E-state index in [1.54, 1.807) is 13.0 Å². The predicted octanol–water partition coefficient (Wildman–Crippen LogP) is 2.23. The number of nitro groups is 1. The number of halogens is 1. The smallest absolute Gasteiger partial charge is 0.310 e. The minimum Gasteiger partial charge on any atom is -0.466 e. The van der Waals surface area contributed by atoms with Crippen LogP contribution in [-0.2, 0) is 16.0 Å². The van der Waals surface area contributed by atoms with Gasteiger partial charge in [-0.1, -0.05) is 17.7 Å². The average molecular weight is 269 g/mol. The summed E-state index contributed by atoms with van der Waals surface area (Å²) in [5, 5.41) is 19.4. The highest BCUT2D eigenvalue weighted by molar-refractivity contribution is 6.33. The highest BCUT2D eigenvalue weighted by atomic mass is 35.5. The van der Waals surface area contributed by atoms with E-state index in [0.717, 1.165) is 6.07 Å². The van der Waals surface area contributed by atoms with Gasteiger partial charge in [-0.05, 0) is 12.5 Å². The highest BCUT2D eigenvalue weighted by Crippen LogP contribution is 2.29. The van der Waals surface area contributed by atoms with Gasteiger partial charge in [-0.2, -0.15) is 5.26 Å². The van der Waals surface area contributed by atoms with E-state index >= 15 is 0 Å². The molecule has 0 saturated heterocycles. The first-order valence-electron chi connectivity index (χ1n) is 5.02. The summed E-state index contributed by atoms with van der Waals surface area (Å²) >= 11 is 5.87. The summed E-state index contributed by atoms with van der Waals surface area (Å²) in [5.74, 6) is -0.503. The van der Waals surface area contributed by atoms with E-state index in [0.29, 0.717) is 5.56 Å². The maximum absolute atomic E-state index is 11.3. The van der Waals surface area contributed by atoms with Crippen molar-refractivity contribution >= 4 is 23.3 Å². The number of benzene rings is 1. The van der Waals surface area contributed by atoms with E-state index in [4.69, 9.17) is 21.6 Å². The van der Waals surface area contributed by atoms with Crippen LogP contribution in [0.5, 0.6) is 0 Å². The molecule has 1 aromatic carbocycles. The first-order valence-corrected chi connectivity index (χ1v) is 5.40. The Kier molecular flexibility index (Phi) is 4.63. The molecule has 18 heavy (non-hydrogen) atoms. The molecule has 0 radical (unpaired) electrons. The van der Waals surface area contributed by atoms with Gasteiger partial charge in [0.25, 0.3) is 5.69 Å². The zero-order valence-electron chi connectivity index (χ0n) is 9.47. The van der Waals surface area contributed by atoms with Crippen molar-refractivity contribution in [2.45, 2.75) is 13.3 Å². The van der Waals surface area contributed by atoms with Crippen LogP contribution in [0.25, 0.3) is 0 Å². The Balaban J connectivity index is 3.15. The number of rotatable bonds is 4. The third-order valence-electron chi connectivity index (χ3n) is 2.15. The van der Waals surface area contributed by atoms with Gasteiger partial charge in [-0.15, -0.1) is 0 Å².